The highest BCUT2D eigenvalue weighted by Gasteiger charge is 2.54. The van der Waals surface area contributed by atoms with Crippen LogP contribution in [0.3, 0.4) is 0 Å². The van der Waals surface area contributed by atoms with E-state index in [0.717, 1.165) is 57.3 Å². The summed E-state index contributed by atoms with van der Waals surface area (Å²) < 4.78 is 59.1. The van der Waals surface area contributed by atoms with Gasteiger partial charge in [-0.3, -0.25) is 14.7 Å². The number of alkyl halides is 3. The van der Waals surface area contributed by atoms with Crippen molar-refractivity contribution >= 4 is 5.91 Å². The maximum Gasteiger partial charge on any atom is 0.416 e. The topological polar surface area (TPSA) is 54.5 Å². The number of ether oxygens (including phenoxy) is 1. The van der Waals surface area contributed by atoms with Crippen molar-refractivity contribution in [2.75, 3.05) is 19.7 Å². The Morgan fingerprint density at radius 3 is 2.42 bits per heavy atom. The highest BCUT2D eigenvalue weighted by molar-refractivity contribution is 5.86. The van der Waals surface area contributed by atoms with Crippen LogP contribution >= 0.6 is 0 Å². The van der Waals surface area contributed by atoms with Crippen molar-refractivity contribution in [1.82, 2.24) is 15.2 Å². The Kier molecular flexibility index (Phi) is 7.05. The van der Waals surface area contributed by atoms with Gasteiger partial charge in [-0.2, -0.15) is 13.2 Å². The van der Waals surface area contributed by atoms with E-state index in [4.69, 9.17) is 4.74 Å². The monoisotopic (exact) mass is 505 g/mol. The molecule has 1 amide bonds. The fourth-order valence-corrected chi connectivity index (χ4v) is 5.79. The maximum atomic E-state index is 13.7. The Morgan fingerprint density at radius 1 is 1.08 bits per heavy atom. The molecule has 1 aromatic heterocycles. The SMILES string of the molecule is O=C(NCc1cc(F)cc(C(F)(F)F)c1)[C@@]1(C2CC2)CCC(N2CCC(c3ccncc3)CC2)CO1. The molecule has 2 aliphatic heterocycles. The average molecular weight is 506 g/mol. The minimum Gasteiger partial charge on any atom is -0.363 e. The molecular weight excluding hydrogens is 474 g/mol. The van der Waals surface area contributed by atoms with Crippen LogP contribution in [0.1, 0.15) is 61.1 Å². The molecule has 9 heteroatoms. The van der Waals surface area contributed by atoms with E-state index in [1.807, 2.05) is 12.4 Å². The lowest BCUT2D eigenvalue weighted by Crippen LogP contribution is -2.57. The number of carbonyl (C=O) groups excluding carboxylic acids is 1. The summed E-state index contributed by atoms with van der Waals surface area (Å²) in [4.78, 5) is 19.8. The number of amides is 1. The summed E-state index contributed by atoms with van der Waals surface area (Å²) in [6.45, 7) is 2.24. The molecule has 3 fully saturated rings. The molecule has 3 aliphatic rings. The molecule has 1 N–H and O–H groups in total. The third kappa shape index (κ3) is 5.42. The highest BCUT2D eigenvalue weighted by atomic mass is 19.4. The van der Waals surface area contributed by atoms with Crippen molar-refractivity contribution in [3.05, 3.63) is 65.2 Å². The Balaban J connectivity index is 1.17. The van der Waals surface area contributed by atoms with Crippen LogP contribution in [-0.2, 0) is 22.3 Å². The molecule has 0 radical (unpaired) electrons. The van der Waals surface area contributed by atoms with E-state index < -0.39 is 23.2 Å². The molecule has 194 valence electrons. The average Bonchev–Trinajstić information content (AvgIpc) is 3.73. The highest BCUT2D eigenvalue weighted by Crippen LogP contribution is 2.47. The van der Waals surface area contributed by atoms with E-state index in [-0.39, 0.29) is 30.0 Å². The molecule has 2 saturated heterocycles. The number of aromatic nitrogens is 1. The number of nitrogens with one attached hydrogen (secondary N) is 1. The molecule has 1 unspecified atom stereocenters. The molecule has 5 rings (SSSR count). The van der Waals surface area contributed by atoms with Gasteiger partial charge >= 0.3 is 6.18 Å². The molecule has 1 aromatic carbocycles. The quantitative estimate of drug-likeness (QED) is 0.558. The molecule has 1 saturated carbocycles. The Labute approximate surface area is 208 Å². The van der Waals surface area contributed by atoms with E-state index in [2.05, 4.69) is 27.3 Å². The number of hydrogen-bond donors (Lipinski definition) is 1. The van der Waals surface area contributed by atoms with Crippen LogP contribution in [0.5, 0.6) is 0 Å². The number of rotatable bonds is 6. The number of carbonyl (C=O) groups is 1. The van der Waals surface area contributed by atoms with Crippen molar-refractivity contribution in [3.63, 3.8) is 0 Å². The van der Waals surface area contributed by atoms with Gasteiger partial charge in [-0.15, -0.1) is 0 Å². The second-order valence-electron chi connectivity index (χ2n) is 10.3. The minimum absolute atomic E-state index is 0.0763. The number of piperidine rings is 1. The number of benzene rings is 1. The lowest BCUT2D eigenvalue weighted by molar-refractivity contribution is -0.165. The molecule has 0 spiro atoms. The van der Waals surface area contributed by atoms with Crippen LogP contribution in [0, 0.1) is 11.7 Å². The van der Waals surface area contributed by atoms with E-state index in [1.54, 1.807) is 0 Å². The number of hydrogen-bond acceptors (Lipinski definition) is 4. The largest absolute Gasteiger partial charge is 0.416 e. The van der Waals surface area contributed by atoms with Gasteiger partial charge in [0.1, 0.15) is 11.4 Å². The van der Waals surface area contributed by atoms with Crippen LogP contribution in [0.4, 0.5) is 17.6 Å². The molecule has 2 aromatic rings. The lowest BCUT2D eigenvalue weighted by Gasteiger charge is -2.45. The zero-order chi connectivity index (χ0) is 25.3. The van der Waals surface area contributed by atoms with Gasteiger partial charge in [0.2, 0.25) is 0 Å². The van der Waals surface area contributed by atoms with Gasteiger partial charge in [0, 0.05) is 25.0 Å². The molecule has 2 atom stereocenters. The summed E-state index contributed by atoms with van der Waals surface area (Å²) in [6.07, 6.45) is 4.37. The summed E-state index contributed by atoms with van der Waals surface area (Å²) in [5.74, 6) is -0.631. The third-order valence-electron chi connectivity index (χ3n) is 7.96. The lowest BCUT2D eigenvalue weighted by atomic mass is 9.84. The predicted octanol–water partition coefficient (Wildman–Crippen LogP) is 5.06. The molecular formula is C27H31F4N3O2. The van der Waals surface area contributed by atoms with Crippen molar-refractivity contribution in [1.29, 1.82) is 0 Å². The predicted molar refractivity (Wildman–Crippen MR) is 125 cm³/mol. The van der Waals surface area contributed by atoms with E-state index >= 15 is 0 Å². The Hall–Kier alpha value is -2.52. The normalized spacial score (nSPS) is 26.1. The van der Waals surface area contributed by atoms with Gasteiger partial charge in [-0.1, -0.05) is 0 Å². The first kappa shape index (κ1) is 25.1. The van der Waals surface area contributed by atoms with Gasteiger partial charge in [0.25, 0.3) is 5.91 Å². The molecule has 3 heterocycles. The zero-order valence-electron chi connectivity index (χ0n) is 20.1. The number of halogens is 4. The van der Waals surface area contributed by atoms with Crippen molar-refractivity contribution in [2.24, 2.45) is 5.92 Å². The first-order chi connectivity index (χ1) is 17.2. The Morgan fingerprint density at radius 2 is 1.81 bits per heavy atom. The number of pyridine rings is 1. The molecule has 5 nitrogen and oxygen atoms in total. The summed E-state index contributed by atoms with van der Waals surface area (Å²) in [5.41, 5.74) is -0.610. The van der Waals surface area contributed by atoms with Crippen LogP contribution in [-0.4, -0.2) is 47.1 Å². The fraction of sp³-hybridized carbons (Fsp3) is 0.556. The molecule has 0 bridgehead atoms. The van der Waals surface area contributed by atoms with E-state index in [0.29, 0.717) is 25.0 Å². The standard InChI is InChI=1S/C27H31F4N3O2/c28-23-14-18(13-22(15-23)27(29,30)31)16-33-25(35)26(21-1-2-21)8-3-24(17-36-26)34-11-6-20(7-12-34)19-4-9-32-10-5-19/h4-5,9-10,13-15,20-21,24H,1-3,6-8,11-12,16-17H2,(H,33,35)/t24?,26-/m0/s1. The Bertz CT molecular complexity index is 1060. The van der Waals surface area contributed by atoms with Gasteiger partial charge in [-0.25, -0.2) is 4.39 Å². The van der Waals surface area contributed by atoms with Crippen molar-refractivity contribution in [2.45, 2.75) is 68.8 Å². The third-order valence-corrected chi connectivity index (χ3v) is 7.96. The second-order valence-corrected chi connectivity index (χ2v) is 10.3. The van der Waals surface area contributed by atoms with E-state index in [9.17, 15) is 22.4 Å². The van der Waals surface area contributed by atoms with Gasteiger partial charge in [0.15, 0.2) is 0 Å². The summed E-state index contributed by atoms with van der Waals surface area (Å²) in [7, 11) is 0. The number of likely N-dealkylation sites (tertiary alicyclic amines) is 1. The van der Waals surface area contributed by atoms with E-state index in [1.165, 1.54) is 5.56 Å². The zero-order valence-corrected chi connectivity index (χ0v) is 20.1. The van der Waals surface area contributed by atoms with Crippen molar-refractivity contribution < 1.29 is 27.1 Å². The van der Waals surface area contributed by atoms with Crippen molar-refractivity contribution in [3.8, 4) is 0 Å². The van der Waals surface area contributed by atoms with Crippen LogP contribution < -0.4 is 5.32 Å². The van der Waals surface area contributed by atoms with Gasteiger partial charge in [0.05, 0.1) is 12.2 Å². The van der Waals surface area contributed by atoms with Crippen LogP contribution in [0.15, 0.2) is 42.7 Å². The first-order valence-electron chi connectivity index (χ1n) is 12.7. The van der Waals surface area contributed by atoms with Gasteiger partial charge < -0.3 is 10.1 Å². The molecule has 1 aliphatic carbocycles. The summed E-state index contributed by atoms with van der Waals surface area (Å²) >= 11 is 0. The maximum absolute atomic E-state index is 13.7. The molecule has 36 heavy (non-hydrogen) atoms. The van der Waals surface area contributed by atoms with Gasteiger partial charge in [-0.05, 0) is 105 Å². The second kappa shape index (κ2) is 10.1. The summed E-state index contributed by atoms with van der Waals surface area (Å²) in [5, 5.41) is 2.74. The van der Waals surface area contributed by atoms with Crippen LogP contribution in [0.2, 0.25) is 0 Å². The number of nitrogens with zero attached hydrogens (tertiary/aromatic N) is 2. The summed E-state index contributed by atoms with van der Waals surface area (Å²) in [6, 6.07) is 6.77. The minimum atomic E-state index is -4.65. The first-order valence-corrected chi connectivity index (χ1v) is 12.7. The fourth-order valence-electron chi connectivity index (χ4n) is 5.79. The van der Waals surface area contributed by atoms with Crippen LogP contribution in [0.25, 0.3) is 0 Å². The smallest absolute Gasteiger partial charge is 0.363 e.